The van der Waals surface area contributed by atoms with Crippen LogP contribution >= 0.6 is 23.2 Å². The average Bonchev–Trinajstić information content (AvgIpc) is 2.66. The molecule has 2 N–H and O–H groups in total. The van der Waals surface area contributed by atoms with Gasteiger partial charge >= 0.3 is 5.97 Å². The predicted molar refractivity (Wildman–Crippen MR) is 108 cm³/mol. The van der Waals surface area contributed by atoms with Crippen molar-refractivity contribution in [3.05, 3.63) is 93.5 Å². The molecule has 0 amide bonds. The number of carboxylic acids is 1. The fourth-order valence-corrected chi connectivity index (χ4v) is 2.95. The molecular formula is C21H17Cl2NO3. The molecule has 0 aromatic heterocycles. The van der Waals surface area contributed by atoms with E-state index in [1.807, 2.05) is 36.4 Å². The highest BCUT2D eigenvalue weighted by atomic mass is 35.5. The lowest BCUT2D eigenvalue weighted by atomic mass is 10.1. The highest BCUT2D eigenvalue weighted by molar-refractivity contribution is 6.30. The topological polar surface area (TPSA) is 58.6 Å². The Morgan fingerprint density at radius 3 is 2.41 bits per heavy atom. The molecule has 0 atom stereocenters. The number of hydrogen-bond donors (Lipinski definition) is 2. The predicted octanol–water partition coefficient (Wildman–Crippen LogP) is 5.88. The number of ether oxygens (including phenoxy) is 1. The Kier molecular flexibility index (Phi) is 6.22. The maximum absolute atomic E-state index is 10.9. The van der Waals surface area contributed by atoms with Crippen molar-refractivity contribution in [1.29, 1.82) is 0 Å². The van der Waals surface area contributed by atoms with Gasteiger partial charge in [0.2, 0.25) is 0 Å². The zero-order valence-electron chi connectivity index (χ0n) is 14.3. The van der Waals surface area contributed by atoms with E-state index >= 15 is 0 Å². The first-order valence-corrected chi connectivity index (χ1v) is 9.00. The number of halogens is 2. The second-order valence-corrected chi connectivity index (χ2v) is 6.78. The van der Waals surface area contributed by atoms with Crippen LogP contribution in [0.1, 0.15) is 21.5 Å². The van der Waals surface area contributed by atoms with Crippen LogP contribution in [-0.2, 0) is 13.2 Å². The molecule has 0 saturated heterocycles. The summed E-state index contributed by atoms with van der Waals surface area (Å²) in [7, 11) is 0. The molecule has 3 aromatic carbocycles. The van der Waals surface area contributed by atoms with Crippen LogP contribution in [0.5, 0.6) is 5.75 Å². The molecule has 3 aromatic rings. The minimum Gasteiger partial charge on any atom is -0.489 e. The number of anilines is 1. The number of rotatable bonds is 7. The summed E-state index contributed by atoms with van der Waals surface area (Å²) in [4.78, 5) is 10.9. The molecule has 0 aliphatic heterocycles. The van der Waals surface area contributed by atoms with Gasteiger partial charge in [-0.05, 0) is 60.2 Å². The summed E-state index contributed by atoms with van der Waals surface area (Å²) in [6.07, 6.45) is 0. The van der Waals surface area contributed by atoms with Gasteiger partial charge in [-0.15, -0.1) is 0 Å². The standard InChI is InChI=1S/C21H17Cl2NO3/c22-17-3-1-2-14(10-17)13-27-20-9-6-18(23)11-16(20)12-24-19-7-4-15(5-8-19)21(25)26/h1-11,24H,12-13H2,(H,25,26). The van der Waals surface area contributed by atoms with Crippen molar-refractivity contribution >= 4 is 34.9 Å². The third kappa shape index (κ3) is 5.39. The molecule has 138 valence electrons. The lowest BCUT2D eigenvalue weighted by Crippen LogP contribution is -2.04. The van der Waals surface area contributed by atoms with Crippen LogP contribution in [0.15, 0.2) is 66.7 Å². The zero-order chi connectivity index (χ0) is 19.2. The number of aromatic carboxylic acids is 1. The van der Waals surface area contributed by atoms with Crippen molar-refractivity contribution in [3.8, 4) is 5.75 Å². The highest BCUT2D eigenvalue weighted by Gasteiger charge is 2.07. The van der Waals surface area contributed by atoms with E-state index in [-0.39, 0.29) is 5.56 Å². The Hall–Kier alpha value is -2.69. The Morgan fingerprint density at radius 1 is 0.963 bits per heavy atom. The van der Waals surface area contributed by atoms with E-state index in [0.717, 1.165) is 16.8 Å². The Balaban J connectivity index is 1.69. The monoisotopic (exact) mass is 401 g/mol. The summed E-state index contributed by atoms with van der Waals surface area (Å²) in [5, 5.41) is 13.5. The summed E-state index contributed by atoms with van der Waals surface area (Å²) in [5.41, 5.74) is 2.92. The van der Waals surface area contributed by atoms with Crippen LogP contribution in [0.3, 0.4) is 0 Å². The van der Waals surface area contributed by atoms with Gasteiger partial charge in [0.1, 0.15) is 12.4 Å². The second-order valence-electron chi connectivity index (χ2n) is 5.91. The Morgan fingerprint density at radius 2 is 1.70 bits per heavy atom. The molecule has 0 radical (unpaired) electrons. The quantitative estimate of drug-likeness (QED) is 0.518. The molecule has 4 nitrogen and oxygen atoms in total. The van der Waals surface area contributed by atoms with E-state index in [1.165, 1.54) is 0 Å². The molecule has 0 fully saturated rings. The Bertz CT molecular complexity index is 942. The largest absolute Gasteiger partial charge is 0.489 e. The molecule has 0 heterocycles. The molecule has 0 aliphatic rings. The summed E-state index contributed by atoms with van der Waals surface area (Å²) in [6, 6.07) is 19.5. The fraction of sp³-hybridized carbons (Fsp3) is 0.0952. The van der Waals surface area contributed by atoms with Crippen LogP contribution in [0, 0.1) is 0 Å². The normalized spacial score (nSPS) is 10.4. The van der Waals surface area contributed by atoms with E-state index in [4.69, 9.17) is 33.0 Å². The van der Waals surface area contributed by atoms with E-state index in [0.29, 0.717) is 28.9 Å². The van der Waals surface area contributed by atoms with Crippen molar-refractivity contribution in [1.82, 2.24) is 0 Å². The molecule has 6 heteroatoms. The number of benzene rings is 3. The summed E-state index contributed by atoms with van der Waals surface area (Å²) in [5.74, 6) is -0.234. The van der Waals surface area contributed by atoms with Gasteiger partial charge in [-0.2, -0.15) is 0 Å². The van der Waals surface area contributed by atoms with Crippen LogP contribution in [-0.4, -0.2) is 11.1 Å². The van der Waals surface area contributed by atoms with Gasteiger partial charge in [0.05, 0.1) is 5.56 Å². The highest BCUT2D eigenvalue weighted by Crippen LogP contribution is 2.25. The molecule has 0 unspecified atom stereocenters. The molecule has 27 heavy (non-hydrogen) atoms. The number of nitrogens with one attached hydrogen (secondary N) is 1. The van der Waals surface area contributed by atoms with Crippen molar-refractivity contribution in [2.45, 2.75) is 13.2 Å². The van der Waals surface area contributed by atoms with Gasteiger partial charge in [0.15, 0.2) is 0 Å². The van der Waals surface area contributed by atoms with Crippen LogP contribution in [0.2, 0.25) is 10.0 Å². The maximum Gasteiger partial charge on any atom is 0.335 e. The van der Waals surface area contributed by atoms with Crippen molar-refractivity contribution in [3.63, 3.8) is 0 Å². The molecule has 3 rings (SSSR count). The smallest absolute Gasteiger partial charge is 0.335 e. The summed E-state index contributed by atoms with van der Waals surface area (Å²) >= 11 is 12.1. The summed E-state index contributed by atoms with van der Waals surface area (Å²) in [6.45, 7) is 0.875. The minimum atomic E-state index is -0.951. The van der Waals surface area contributed by atoms with Gasteiger partial charge in [0, 0.05) is 27.8 Å². The van der Waals surface area contributed by atoms with E-state index in [1.54, 1.807) is 30.3 Å². The average molecular weight is 402 g/mol. The van der Waals surface area contributed by atoms with Crippen molar-refractivity contribution < 1.29 is 14.6 Å². The van der Waals surface area contributed by atoms with Gasteiger partial charge in [-0.25, -0.2) is 4.79 Å². The maximum atomic E-state index is 10.9. The second kappa shape index (κ2) is 8.80. The van der Waals surface area contributed by atoms with Crippen molar-refractivity contribution in [2.24, 2.45) is 0 Å². The van der Waals surface area contributed by atoms with Gasteiger partial charge in [-0.3, -0.25) is 0 Å². The molecule has 0 spiro atoms. The van der Waals surface area contributed by atoms with Crippen LogP contribution in [0.4, 0.5) is 5.69 Å². The minimum absolute atomic E-state index is 0.244. The first-order valence-electron chi connectivity index (χ1n) is 8.24. The molecule has 0 saturated carbocycles. The number of carboxylic acid groups (broad SMARTS) is 1. The SMILES string of the molecule is O=C(O)c1ccc(NCc2cc(Cl)ccc2OCc2cccc(Cl)c2)cc1. The molecule has 0 aliphatic carbocycles. The fourth-order valence-electron chi connectivity index (χ4n) is 2.54. The van der Waals surface area contributed by atoms with Gasteiger partial charge < -0.3 is 15.2 Å². The third-order valence-electron chi connectivity index (χ3n) is 3.92. The van der Waals surface area contributed by atoms with E-state index < -0.39 is 5.97 Å². The van der Waals surface area contributed by atoms with Gasteiger partial charge in [-0.1, -0.05) is 35.3 Å². The van der Waals surface area contributed by atoms with E-state index in [2.05, 4.69) is 5.32 Å². The Labute approximate surface area is 167 Å². The third-order valence-corrected chi connectivity index (χ3v) is 4.39. The lowest BCUT2D eigenvalue weighted by Gasteiger charge is -2.14. The molecular weight excluding hydrogens is 385 g/mol. The zero-order valence-corrected chi connectivity index (χ0v) is 15.8. The van der Waals surface area contributed by atoms with Crippen LogP contribution in [0.25, 0.3) is 0 Å². The van der Waals surface area contributed by atoms with Crippen molar-refractivity contribution in [2.75, 3.05) is 5.32 Å². The summed E-state index contributed by atoms with van der Waals surface area (Å²) < 4.78 is 5.94. The van der Waals surface area contributed by atoms with E-state index in [9.17, 15) is 4.79 Å². The molecule has 0 bridgehead atoms. The number of carbonyl (C=O) groups is 1. The lowest BCUT2D eigenvalue weighted by molar-refractivity contribution is 0.0697. The van der Waals surface area contributed by atoms with Crippen LogP contribution < -0.4 is 10.1 Å². The first kappa shape index (κ1) is 19.1. The van der Waals surface area contributed by atoms with Gasteiger partial charge in [0.25, 0.3) is 0 Å². The number of hydrogen-bond acceptors (Lipinski definition) is 3. The first-order chi connectivity index (χ1) is 13.0.